The lowest BCUT2D eigenvalue weighted by Gasteiger charge is -2.25. The van der Waals surface area contributed by atoms with Gasteiger partial charge in [-0.25, -0.2) is 0 Å². The fraction of sp³-hybridized carbons (Fsp3) is 0.333. The van der Waals surface area contributed by atoms with Crippen molar-refractivity contribution in [3.63, 3.8) is 0 Å². The first-order valence-corrected chi connectivity index (χ1v) is 16.2. The Morgan fingerprint density at radius 3 is 2.54 bits per heavy atom. The molecule has 5 rings (SSSR count). The summed E-state index contributed by atoms with van der Waals surface area (Å²) in [4.78, 5) is 0. The summed E-state index contributed by atoms with van der Waals surface area (Å²) in [6, 6.07) is 8.87. The van der Waals surface area contributed by atoms with Crippen molar-refractivity contribution in [1.82, 2.24) is 0 Å². The zero-order chi connectivity index (χ0) is 19.7. The molecule has 0 aromatic heterocycles. The van der Waals surface area contributed by atoms with E-state index < -0.39 is 16.6 Å². The van der Waals surface area contributed by atoms with Gasteiger partial charge in [-0.05, 0) is 78.6 Å². The van der Waals surface area contributed by atoms with Crippen molar-refractivity contribution in [2.45, 2.75) is 46.0 Å². The fourth-order valence-corrected chi connectivity index (χ4v) is 9.75. The Morgan fingerprint density at radius 2 is 1.86 bits per heavy atom. The number of rotatable bonds is 5. The Morgan fingerprint density at radius 1 is 1.07 bits per heavy atom. The topological polar surface area (TPSA) is 18.5 Å². The van der Waals surface area contributed by atoms with Gasteiger partial charge in [-0.15, -0.1) is 0 Å². The molecule has 144 valence electrons. The van der Waals surface area contributed by atoms with Crippen LogP contribution in [0.5, 0.6) is 5.75 Å². The van der Waals surface area contributed by atoms with Gasteiger partial charge >= 0.3 is 0 Å². The van der Waals surface area contributed by atoms with Crippen LogP contribution in [0, 0.1) is 0 Å². The van der Waals surface area contributed by atoms with Gasteiger partial charge in [0.2, 0.25) is 8.32 Å². The quantitative estimate of drug-likeness (QED) is 0.566. The van der Waals surface area contributed by atoms with Crippen LogP contribution >= 0.6 is 0 Å². The Hall–Kier alpha value is -1.89. The molecular weight excluding hydrogens is 376 g/mol. The molecule has 2 aromatic rings. The van der Waals surface area contributed by atoms with Gasteiger partial charge in [-0.2, -0.15) is 0 Å². The minimum atomic E-state index is -1.99. The van der Waals surface area contributed by atoms with Crippen molar-refractivity contribution in [2.75, 3.05) is 6.61 Å². The monoisotopic (exact) mass is 404 g/mol. The smallest absolute Gasteiger partial charge is 0.253 e. The minimum absolute atomic E-state index is 0.778. The molecule has 0 saturated carbocycles. The Labute approximate surface area is 170 Å². The molecular formula is C24H28O2Si2. The summed E-state index contributed by atoms with van der Waals surface area (Å²) in [5.41, 5.74) is 8.39. The first kappa shape index (κ1) is 18.2. The van der Waals surface area contributed by atoms with Gasteiger partial charge in [0.25, 0.3) is 8.32 Å². The van der Waals surface area contributed by atoms with Crippen molar-refractivity contribution >= 4 is 32.6 Å². The van der Waals surface area contributed by atoms with E-state index in [1.807, 2.05) is 0 Å². The highest BCUT2D eigenvalue weighted by atomic mass is 28.4. The van der Waals surface area contributed by atoms with Crippen molar-refractivity contribution in [2.24, 2.45) is 0 Å². The molecule has 1 unspecified atom stereocenters. The molecule has 0 amide bonds. The molecule has 3 aliphatic rings. The predicted octanol–water partition coefficient (Wildman–Crippen LogP) is 4.85. The molecule has 0 N–H and O–H groups in total. The Bertz CT molecular complexity index is 1060. The molecule has 0 radical (unpaired) electrons. The van der Waals surface area contributed by atoms with Crippen LogP contribution in [0.15, 0.2) is 42.5 Å². The largest absolute Gasteiger partial charge is 0.543 e. The van der Waals surface area contributed by atoms with Crippen LogP contribution in [0.2, 0.25) is 26.2 Å². The van der Waals surface area contributed by atoms with Crippen LogP contribution in [-0.2, 0) is 10.8 Å². The van der Waals surface area contributed by atoms with Gasteiger partial charge in [0.15, 0.2) is 0 Å². The van der Waals surface area contributed by atoms with Crippen LogP contribution in [0.3, 0.4) is 0 Å². The summed E-state index contributed by atoms with van der Waals surface area (Å²) in [5, 5.41) is 3.05. The van der Waals surface area contributed by atoms with Crippen LogP contribution in [0.4, 0.5) is 0 Å². The van der Waals surface area contributed by atoms with E-state index >= 15 is 0 Å². The van der Waals surface area contributed by atoms with Gasteiger partial charge in [0, 0.05) is 17.7 Å². The van der Waals surface area contributed by atoms with Gasteiger partial charge in [0.1, 0.15) is 5.75 Å². The molecule has 0 saturated heterocycles. The maximum absolute atomic E-state index is 6.87. The normalized spacial score (nSPS) is 21.2. The van der Waals surface area contributed by atoms with E-state index in [4.69, 9.17) is 8.85 Å². The van der Waals surface area contributed by atoms with Gasteiger partial charge in [0.05, 0.1) is 0 Å². The van der Waals surface area contributed by atoms with Gasteiger partial charge in [-0.3, -0.25) is 0 Å². The predicted molar refractivity (Wildman–Crippen MR) is 123 cm³/mol. The van der Waals surface area contributed by atoms with Crippen LogP contribution in [0.1, 0.15) is 30.0 Å². The summed E-state index contributed by atoms with van der Waals surface area (Å²) in [6.45, 7) is 12.2. The van der Waals surface area contributed by atoms with Crippen molar-refractivity contribution in [1.29, 1.82) is 0 Å². The van der Waals surface area contributed by atoms with Crippen molar-refractivity contribution in [3.05, 3.63) is 59.2 Å². The zero-order valence-corrected chi connectivity index (χ0v) is 19.5. The average Bonchev–Trinajstić information content (AvgIpc) is 3.02. The molecule has 1 aliphatic heterocycles. The molecule has 1 atom stereocenters. The lowest BCUT2D eigenvalue weighted by Crippen LogP contribution is -2.32. The SMILES string of the molecule is CCO[Si]1(C)c2c3c(c(O[Si](C)(C)C)c(C4=CC=CC4)c21)-c1ccccc1C3. The van der Waals surface area contributed by atoms with Crippen LogP contribution < -0.4 is 14.8 Å². The fourth-order valence-electron chi connectivity index (χ4n) is 5.01. The third kappa shape index (κ3) is 2.55. The molecule has 2 aliphatic carbocycles. The second-order valence-corrected chi connectivity index (χ2v) is 16.9. The number of hydrogen-bond acceptors (Lipinski definition) is 2. The van der Waals surface area contributed by atoms with E-state index in [0.29, 0.717) is 0 Å². The van der Waals surface area contributed by atoms with E-state index in [9.17, 15) is 0 Å². The molecule has 2 aromatic carbocycles. The first-order chi connectivity index (χ1) is 13.3. The molecule has 0 bridgehead atoms. The maximum Gasteiger partial charge on any atom is 0.253 e. The van der Waals surface area contributed by atoms with Gasteiger partial charge < -0.3 is 8.85 Å². The maximum atomic E-state index is 6.87. The van der Waals surface area contributed by atoms with Crippen molar-refractivity contribution in [3.8, 4) is 16.9 Å². The second-order valence-electron chi connectivity index (χ2n) is 9.15. The van der Waals surface area contributed by atoms with Crippen LogP contribution in [-0.4, -0.2) is 23.2 Å². The van der Waals surface area contributed by atoms with E-state index in [2.05, 4.69) is 75.6 Å². The molecule has 1 heterocycles. The Balaban J connectivity index is 1.83. The summed E-state index contributed by atoms with van der Waals surface area (Å²) in [7, 11) is -3.77. The first-order valence-electron chi connectivity index (χ1n) is 10.4. The van der Waals surface area contributed by atoms with Gasteiger partial charge in [-0.1, -0.05) is 42.5 Å². The third-order valence-electron chi connectivity index (χ3n) is 6.04. The molecule has 0 fully saturated rings. The molecule has 4 heteroatoms. The average molecular weight is 405 g/mol. The molecule has 28 heavy (non-hydrogen) atoms. The van der Waals surface area contributed by atoms with E-state index in [0.717, 1.165) is 25.2 Å². The second kappa shape index (κ2) is 6.05. The van der Waals surface area contributed by atoms with E-state index in [1.165, 1.54) is 38.6 Å². The summed E-state index contributed by atoms with van der Waals surface area (Å²) in [6.07, 6.45) is 8.72. The zero-order valence-electron chi connectivity index (χ0n) is 17.5. The lowest BCUT2D eigenvalue weighted by atomic mass is 9.96. The number of hydrogen-bond donors (Lipinski definition) is 0. The highest BCUT2D eigenvalue weighted by molar-refractivity contribution is 7.13. The molecule has 2 nitrogen and oxygen atoms in total. The highest BCUT2D eigenvalue weighted by Crippen LogP contribution is 2.50. The Kier molecular flexibility index (Phi) is 3.93. The van der Waals surface area contributed by atoms with E-state index in [1.54, 1.807) is 5.19 Å². The molecule has 0 spiro atoms. The number of benzene rings is 2. The lowest BCUT2D eigenvalue weighted by molar-refractivity contribution is 0.349. The van der Waals surface area contributed by atoms with Crippen LogP contribution in [0.25, 0.3) is 16.7 Å². The summed E-state index contributed by atoms with van der Waals surface area (Å²) >= 11 is 0. The van der Waals surface area contributed by atoms with Crippen molar-refractivity contribution < 1.29 is 8.85 Å². The highest BCUT2D eigenvalue weighted by Gasteiger charge is 2.58. The third-order valence-corrected chi connectivity index (χ3v) is 10.4. The minimum Gasteiger partial charge on any atom is -0.543 e. The number of allylic oxidation sites excluding steroid dienone is 4. The number of fused-ring (bicyclic) bond motifs is 5. The standard InChI is InChI=1S/C24H28O2Si2/c1-6-25-28(5)23-19-15-17-13-9-10-14-18(17)21(19)22(26-27(2,3)4)20(24(23)28)16-11-7-8-12-16/h7-11,13-14H,6,12,15H2,1-5H3. The summed E-state index contributed by atoms with van der Waals surface area (Å²) < 4.78 is 13.3. The summed E-state index contributed by atoms with van der Waals surface area (Å²) in [5.74, 6) is 1.14. The van der Waals surface area contributed by atoms with E-state index in [-0.39, 0.29) is 0 Å².